The van der Waals surface area contributed by atoms with Crippen LogP contribution in [0.1, 0.15) is 5.56 Å². The van der Waals surface area contributed by atoms with E-state index in [1.165, 1.54) is 42.5 Å². The summed E-state index contributed by atoms with van der Waals surface area (Å²) in [6, 6.07) is 8.07. The number of hydrogen-bond donors (Lipinski definition) is 2. The number of carbonyl (C=O) groups excluding carboxylic acids is 3. The number of nitrogens with one attached hydrogen (secondary N) is 1. The van der Waals surface area contributed by atoms with Crippen molar-refractivity contribution in [1.29, 1.82) is 0 Å². The van der Waals surface area contributed by atoms with Crippen LogP contribution in [0.5, 0.6) is 5.75 Å². The first-order valence-electron chi connectivity index (χ1n) is 7.13. The van der Waals surface area contributed by atoms with E-state index >= 15 is 0 Å². The van der Waals surface area contributed by atoms with E-state index in [0.29, 0.717) is 13.6 Å². The molecule has 1 aliphatic heterocycles. The molecule has 0 atom stereocenters. The lowest BCUT2D eigenvalue weighted by atomic mass is 10.1. The van der Waals surface area contributed by atoms with Gasteiger partial charge in [0.25, 0.3) is 11.8 Å². The third-order valence-corrected chi connectivity index (χ3v) is 4.84. The van der Waals surface area contributed by atoms with Crippen molar-refractivity contribution in [2.45, 2.75) is 0 Å². The maximum absolute atomic E-state index is 12.7. The van der Waals surface area contributed by atoms with Crippen LogP contribution < -0.4 is 10.2 Å². The summed E-state index contributed by atoms with van der Waals surface area (Å²) in [5.41, 5.74) is 0.124. The van der Waals surface area contributed by atoms with Gasteiger partial charge in [-0.25, -0.2) is 9.69 Å². The molecule has 2 N–H and O–H groups in total. The Morgan fingerprint density at radius 1 is 1.04 bits per heavy atom. The van der Waals surface area contributed by atoms with Crippen LogP contribution in [0.3, 0.4) is 0 Å². The summed E-state index contributed by atoms with van der Waals surface area (Å²) < 4.78 is 0.455. The van der Waals surface area contributed by atoms with Gasteiger partial charge >= 0.3 is 6.03 Å². The SMILES string of the molecule is O=C1NC(=O)N(c2ccc(Cl)cc2)C(=O)/C1=C/c1cc(Cl)cc(I)c1O. The van der Waals surface area contributed by atoms with E-state index in [1.807, 2.05) is 22.6 Å². The van der Waals surface area contributed by atoms with E-state index in [4.69, 9.17) is 23.2 Å². The molecule has 9 heteroatoms. The van der Waals surface area contributed by atoms with Gasteiger partial charge in [0, 0.05) is 15.6 Å². The number of urea groups is 1. The number of aromatic hydroxyl groups is 1. The molecule has 1 saturated heterocycles. The molecule has 1 fully saturated rings. The minimum atomic E-state index is -0.871. The van der Waals surface area contributed by atoms with Gasteiger partial charge in [-0.3, -0.25) is 14.9 Å². The van der Waals surface area contributed by atoms with Crippen molar-refractivity contribution in [3.05, 3.63) is 61.2 Å². The standard InChI is InChI=1S/C17H9Cl2IN2O4/c18-9-1-3-11(4-2-9)22-16(25)12(15(24)21-17(22)26)6-8-5-10(19)7-13(20)14(8)23/h1-7,23H,(H,21,24,26)/b12-6+. The molecule has 0 saturated carbocycles. The van der Waals surface area contributed by atoms with E-state index in [9.17, 15) is 19.5 Å². The highest BCUT2D eigenvalue weighted by Crippen LogP contribution is 2.31. The smallest absolute Gasteiger partial charge is 0.335 e. The Kier molecular flexibility index (Phi) is 5.22. The first-order chi connectivity index (χ1) is 12.3. The van der Waals surface area contributed by atoms with Crippen molar-refractivity contribution < 1.29 is 19.5 Å². The average molecular weight is 503 g/mol. The number of halogens is 3. The number of benzene rings is 2. The van der Waals surface area contributed by atoms with Crippen molar-refractivity contribution in [3.8, 4) is 5.75 Å². The van der Waals surface area contributed by atoms with Gasteiger partial charge in [-0.15, -0.1) is 0 Å². The van der Waals surface area contributed by atoms with Crippen LogP contribution in [0.2, 0.25) is 10.0 Å². The fourth-order valence-electron chi connectivity index (χ4n) is 2.33. The van der Waals surface area contributed by atoms with Crippen molar-refractivity contribution in [1.82, 2.24) is 5.32 Å². The number of anilines is 1. The minimum absolute atomic E-state index is 0.127. The molecule has 4 amide bonds. The number of amides is 4. The lowest BCUT2D eigenvalue weighted by Gasteiger charge is -2.26. The molecule has 6 nitrogen and oxygen atoms in total. The van der Waals surface area contributed by atoms with Gasteiger partial charge in [0.15, 0.2) is 0 Å². The van der Waals surface area contributed by atoms with Crippen LogP contribution in [0.25, 0.3) is 6.08 Å². The van der Waals surface area contributed by atoms with E-state index in [-0.39, 0.29) is 22.6 Å². The molecule has 1 heterocycles. The zero-order valence-corrected chi connectivity index (χ0v) is 16.5. The average Bonchev–Trinajstić information content (AvgIpc) is 2.57. The van der Waals surface area contributed by atoms with Crippen LogP contribution in [-0.2, 0) is 9.59 Å². The molecule has 3 rings (SSSR count). The number of phenols is 1. The maximum Gasteiger partial charge on any atom is 0.335 e. The van der Waals surface area contributed by atoms with Crippen molar-refractivity contribution in [2.75, 3.05) is 4.90 Å². The van der Waals surface area contributed by atoms with E-state index in [2.05, 4.69) is 5.32 Å². The number of imide groups is 2. The molecular formula is C17H9Cl2IN2O4. The molecule has 0 aliphatic carbocycles. The van der Waals surface area contributed by atoms with Gasteiger partial charge in [-0.1, -0.05) is 23.2 Å². The number of rotatable bonds is 2. The fourth-order valence-corrected chi connectivity index (χ4v) is 3.52. The summed E-state index contributed by atoms with van der Waals surface area (Å²) in [7, 11) is 0. The van der Waals surface area contributed by atoms with Crippen LogP contribution in [0.15, 0.2) is 42.0 Å². The Morgan fingerprint density at radius 3 is 2.35 bits per heavy atom. The van der Waals surface area contributed by atoms with Gasteiger partial charge < -0.3 is 5.11 Å². The first kappa shape index (κ1) is 18.7. The van der Waals surface area contributed by atoms with Gasteiger partial charge in [-0.05, 0) is 65.1 Å². The Balaban J connectivity index is 2.07. The number of barbiturate groups is 1. The van der Waals surface area contributed by atoms with E-state index in [0.717, 1.165) is 4.90 Å². The van der Waals surface area contributed by atoms with Crippen LogP contribution in [0, 0.1) is 3.57 Å². The summed E-state index contributed by atoms with van der Waals surface area (Å²) >= 11 is 13.7. The summed E-state index contributed by atoms with van der Waals surface area (Å²) in [5, 5.41) is 13.0. The largest absolute Gasteiger partial charge is 0.506 e. The molecular weight excluding hydrogens is 494 g/mol. The highest BCUT2D eigenvalue weighted by atomic mass is 127. The Labute approximate surface area is 171 Å². The molecule has 0 radical (unpaired) electrons. The summed E-state index contributed by atoms with van der Waals surface area (Å²) in [6.07, 6.45) is 1.19. The second-order valence-electron chi connectivity index (χ2n) is 5.26. The Hall–Kier alpha value is -2.10. The zero-order chi connectivity index (χ0) is 19.0. The number of hydrogen-bond acceptors (Lipinski definition) is 4. The third kappa shape index (κ3) is 3.55. The minimum Gasteiger partial charge on any atom is -0.506 e. The van der Waals surface area contributed by atoms with Crippen LogP contribution in [0.4, 0.5) is 10.5 Å². The maximum atomic E-state index is 12.7. The molecule has 0 bridgehead atoms. The Morgan fingerprint density at radius 2 is 1.69 bits per heavy atom. The monoisotopic (exact) mass is 502 g/mol. The quantitative estimate of drug-likeness (QED) is 0.369. The molecule has 1 aliphatic rings. The second-order valence-corrected chi connectivity index (χ2v) is 7.29. The third-order valence-electron chi connectivity index (χ3n) is 3.54. The highest BCUT2D eigenvalue weighted by Gasteiger charge is 2.37. The molecule has 26 heavy (non-hydrogen) atoms. The fraction of sp³-hybridized carbons (Fsp3) is 0. The lowest BCUT2D eigenvalue weighted by molar-refractivity contribution is -0.122. The molecule has 132 valence electrons. The molecule has 2 aromatic rings. The summed E-state index contributed by atoms with van der Waals surface area (Å²) in [4.78, 5) is 37.8. The van der Waals surface area contributed by atoms with Gasteiger partial charge in [-0.2, -0.15) is 0 Å². The van der Waals surface area contributed by atoms with Crippen LogP contribution >= 0.6 is 45.8 Å². The molecule has 2 aromatic carbocycles. The van der Waals surface area contributed by atoms with Crippen molar-refractivity contribution in [2.24, 2.45) is 0 Å². The predicted octanol–water partition coefficient (Wildman–Crippen LogP) is 3.97. The van der Waals surface area contributed by atoms with Gasteiger partial charge in [0.1, 0.15) is 11.3 Å². The highest BCUT2D eigenvalue weighted by molar-refractivity contribution is 14.1. The second kappa shape index (κ2) is 7.26. The molecule has 0 unspecified atom stereocenters. The van der Waals surface area contributed by atoms with E-state index in [1.54, 1.807) is 0 Å². The normalized spacial score (nSPS) is 16.2. The van der Waals surface area contributed by atoms with Gasteiger partial charge in [0.2, 0.25) is 0 Å². The lowest BCUT2D eigenvalue weighted by Crippen LogP contribution is -2.54. The first-order valence-corrected chi connectivity index (χ1v) is 8.96. The van der Waals surface area contributed by atoms with Crippen LogP contribution in [-0.4, -0.2) is 23.0 Å². The molecule has 0 aromatic heterocycles. The molecule has 0 spiro atoms. The summed E-state index contributed by atoms with van der Waals surface area (Å²) in [5.74, 6) is -1.81. The topological polar surface area (TPSA) is 86.7 Å². The number of nitrogens with zero attached hydrogens (tertiary/aromatic N) is 1. The predicted molar refractivity (Wildman–Crippen MR) is 106 cm³/mol. The number of phenolic OH excluding ortho intramolecular Hbond substituents is 1. The van der Waals surface area contributed by atoms with Crippen molar-refractivity contribution in [3.63, 3.8) is 0 Å². The van der Waals surface area contributed by atoms with Gasteiger partial charge in [0.05, 0.1) is 9.26 Å². The number of carbonyl (C=O) groups is 3. The van der Waals surface area contributed by atoms with E-state index < -0.39 is 17.8 Å². The Bertz CT molecular complexity index is 973. The summed E-state index contributed by atoms with van der Waals surface area (Å²) in [6.45, 7) is 0. The van der Waals surface area contributed by atoms with Crippen molar-refractivity contribution >= 4 is 75.4 Å². The zero-order valence-electron chi connectivity index (χ0n) is 12.8.